The molecular weight excluding hydrogens is 302 g/mol. The van der Waals surface area contributed by atoms with Gasteiger partial charge in [-0.1, -0.05) is 37.6 Å². The molecule has 5 heteroatoms. The van der Waals surface area contributed by atoms with Crippen LogP contribution in [0, 0.1) is 5.92 Å². The van der Waals surface area contributed by atoms with E-state index in [1.54, 1.807) is 7.11 Å². The molecule has 0 aromatic heterocycles. The van der Waals surface area contributed by atoms with Gasteiger partial charge < -0.3 is 20.5 Å². The van der Waals surface area contributed by atoms with E-state index in [4.69, 9.17) is 9.84 Å². The van der Waals surface area contributed by atoms with E-state index < -0.39 is 0 Å². The molecule has 0 heterocycles. The van der Waals surface area contributed by atoms with Crippen LogP contribution < -0.4 is 10.6 Å². The molecule has 0 radical (unpaired) electrons. The number of hydrogen-bond donors (Lipinski definition) is 3. The third-order valence-electron chi connectivity index (χ3n) is 3.86. The smallest absolute Gasteiger partial charge is 0.191 e. The fourth-order valence-electron chi connectivity index (χ4n) is 2.68. The second-order valence-corrected chi connectivity index (χ2v) is 6.00. The fraction of sp³-hybridized carbons (Fsp3) is 0.632. The molecule has 0 amide bonds. The van der Waals surface area contributed by atoms with Crippen molar-refractivity contribution in [3.05, 3.63) is 35.4 Å². The van der Waals surface area contributed by atoms with E-state index in [9.17, 15) is 0 Å². The highest BCUT2D eigenvalue weighted by molar-refractivity contribution is 5.79. The molecule has 5 nitrogen and oxygen atoms in total. The maximum absolute atomic E-state index is 9.17. The summed E-state index contributed by atoms with van der Waals surface area (Å²) in [6, 6.07) is 8.31. The first kappa shape index (κ1) is 20.5. The highest BCUT2D eigenvalue weighted by atomic mass is 16.5. The van der Waals surface area contributed by atoms with Gasteiger partial charge in [-0.3, -0.25) is 0 Å². The van der Waals surface area contributed by atoms with Crippen molar-refractivity contribution in [1.29, 1.82) is 0 Å². The van der Waals surface area contributed by atoms with Gasteiger partial charge in [0.25, 0.3) is 0 Å². The molecule has 24 heavy (non-hydrogen) atoms. The molecule has 1 atom stereocenters. The molecule has 0 aliphatic heterocycles. The van der Waals surface area contributed by atoms with E-state index in [0.29, 0.717) is 19.1 Å². The van der Waals surface area contributed by atoms with Crippen LogP contribution >= 0.6 is 0 Å². The van der Waals surface area contributed by atoms with Crippen LogP contribution in [0.4, 0.5) is 0 Å². The topological polar surface area (TPSA) is 65.9 Å². The lowest BCUT2D eigenvalue weighted by atomic mass is 10.0. The van der Waals surface area contributed by atoms with E-state index in [2.05, 4.69) is 47.7 Å². The summed E-state index contributed by atoms with van der Waals surface area (Å²) >= 11 is 0. The zero-order chi connectivity index (χ0) is 17.6. The molecule has 0 fully saturated rings. The maximum Gasteiger partial charge on any atom is 0.191 e. The van der Waals surface area contributed by atoms with Crippen LogP contribution in [0.1, 0.15) is 44.2 Å². The van der Waals surface area contributed by atoms with E-state index in [1.807, 2.05) is 6.07 Å². The molecule has 3 N–H and O–H groups in total. The summed E-state index contributed by atoms with van der Waals surface area (Å²) in [5, 5.41) is 15.9. The Balaban J connectivity index is 2.62. The molecule has 0 saturated carbocycles. The Hall–Kier alpha value is -1.59. The van der Waals surface area contributed by atoms with Gasteiger partial charge in [0.15, 0.2) is 5.96 Å². The summed E-state index contributed by atoms with van der Waals surface area (Å²) in [4.78, 5) is 4.67. The normalized spacial score (nSPS) is 12.9. The van der Waals surface area contributed by atoms with Crippen molar-refractivity contribution in [1.82, 2.24) is 10.6 Å². The summed E-state index contributed by atoms with van der Waals surface area (Å²) in [5.74, 6) is 1.31. The largest absolute Gasteiger partial charge is 0.396 e. The predicted molar refractivity (Wildman–Crippen MR) is 100 cm³/mol. The molecule has 0 aliphatic carbocycles. The van der Waals surface area contributed by atoms with Crippen molar-refractivity contribution >= 4 is 5.96 Å². The Morgan fingerprint density at radius 2 is 2.00 bits per heavy atom. The molecule has 0 bridgehead atoms. The second kappa shape index (κ2) is 12.8. The van der Waals surface area contributed by atoms with Gasteiger partial charge in [0.2, 0.25) is 0 Å². The first-order valence-corrected chi connectivity index (χ1v) is 8.93. The zero-order valence-corrected chi connectivity index (χ0v) is 15.3. The number of aliphatic hydroxyl groups excluding tert-OH is 1. The minimum absolute atomic E-state index is 0.242. The number of ether oxygens (including phenoxy) is 1. The van der Waals surface area contributed by atoms with Crippen LogP contribution in [0.2, 0.25) is 0 Å². The molecule has 1 aromatic carbocycles. The predicted octanol–water partition coefficient (Wildman–Crippen LogP) is 2.69. The standard InChI is InChI=1S/C19H33N3O2/c1-4-7-16(10-11-23)13-21-19(20-5-2)22-14-17-8-6-9-18(12-17)15-24-3/h6,8-9,12,16,23H,4-5,7,10-11,13-15H2,1-3H3,(H2,20,21,22). The lowest BCUT2D eigenvalue weighted by molar-refractivity contribution is 0.185. The van der Waals surface area contributed by atoms with Crippen molar-refractivity contribution in [2.24, 2.45) is 10.9 Å². The molecule has 0 aliphatic rings. The lowest BCUT2D eigenvalue weighted by Crippen LogP contribution is -2.40. The number of aliphatic imine (C=N–C) groups is 1. The monoisotopic (exact) mass is 335 g/mol. The number of rotatable bonds is 11. The average Bonchev–Trinajstić information content (AvgIpc) is 2.58. The van der Waals surface area contributed by atoms with Gasteiger partial charge >= 0.3 is 0 Å². The summed E-state index contributed by atoms with van der Waals surface area (Å²) in [7, 11) is 1.71. The summed E-state index contributed by atoms with van der Waals surface area (Å²) < 4.78 is 5.18. The van der Waals surface area contributed by atoms with Crippen LogP contribution in [0.15, 0.2) is 29.3 Å². The summed E-state index contributed by atoms with van der Waals surface area (Å²) in [6.45, 7) is 7.40. The number of benzene rings is 1. The third-order valence-corrected chi connectivity index (χ3v) is 3.86. The average molecular weight is 335 g/mol. The van der Waals surface area contributed by atoms with Crippen LogP contribution in [0.5, 0.6) is 0 Å². The van der Waals surface area contributed by atoms with Crippen molar-refractivity contribution in [3.8, 4) is 0 Å². The van der Waals surface area contributed by atoms with E-state index in [-0.39, 0.29) is 6.61 Å². The quantitative estimate of drug-likeness (QED) is 0.430. The number of nitrogens with zero attached hydrogens (tertiary/aromatic N) is 1. The number of nitrogens with one attached hydrogen (secondary N) is 2. The number of methoxy groups -OCH3 is 1. The number of aliphatic hydroxyl groups is 1. The van der Waals surface area contributed by atoms with Crippen LogP contribution in [0.3, 0.4) is 0 Å². The number of guanidine groups is 1. The molecular formula is C19H33N3O2. The van der Waals surface area contributed by atoms with Crippen LogP contribution in [0.25, 0.3) is 0 Å². The Morgan fingerprint density at radius 3 is 2.67 bits per heavy atom. The van der Waals surface area contributed by atoms with Crippen LogP contribution in [-0.4, -0.2) is 37.9 Å². The van der Waals surface area contributed by atoms with Crippen molar-refractivity contribution < 1.29 is 9.84 Å². The van der Waals surface area contributed by atoms with Gasteiger partial charge in [-0.2, -0.15) is 0 Å². The first-order valence-electron chi connectivity index (χ1n) is 8.93. The Labute approximate surface area is 146 Å². The van der Waals surface area contributed by atoms with Crippen molar-refractivity contribution in [2.75, 3.05) is 26.8 Å². The van der Waals surface area contributed by atoms with Gasteiger partial charge in [0.1, 0.15) is 0 Å². The van der Waals surface area contributed by atoms with Gasteiger partial charge in [-0.15, -0.1) is 0 Å². The molecule has 136 valence electrons. The molecule has 1 aromatic rings. The van der Waals surface area contributed by atoms with Crippen molar-refractivity contribution in [2.45, 2.75) is 46.3 Å². The molecule has 1 unspecified atom stereocenters. The molecule has 0 saturated heterocycles. The van der Waals surface area contributed by atoms with Gasteiger partial charge in [0.05, 0.1) is 13.2 Å². The maximum atomic E-state index is 9.17. The first-order chi connectivity index (χ1) is 11.7. The zero-order valence-electron chi connectivity index (χ0n) is 15.3. The van der Waals surface area contributed by atoms with E-state index in [0.717, 1.165) is 43.9 Å². The van der Waals surface area contributed by atoms with Gasteiger partial charge in [-0.05, 0) is 36.8 Å². The highest BCUT2D eigenvalue weighted by Crippen LogP contribution is 2.10. The number of hydrogen-bond acceptors (Lipinski definition) is 3. The van der Waals surface area contributed by atoms with Gasteiger partial charge in [0, 0.05) is 26.8 Å². The highest BCUT2D eigenvalue weighted by Gasteiger charge is 2.08. The fourth-order valence-corrected chi connectivity index (χ4v) is 2.68. The minimum atomic E-state index is 0.242. The van der Waals surface area contributed by atoms with E-state index >= 15 is 0 Å². The minimum Gasteiger partial charge on any atom is -0.396 e. The molecule has 0 spiro atoms. The molecule has 1 rings (SSSR count). The van der Waals surface area contributed by atoms with Gasteiger partial charge in [-0.25, -0.2) is 4.99 Å². The lowest BCUT2D eigenvalue weighted by Gasteiger charge is -2.18. The van der Waals surface area contributed by atoms with Crippen LogP contribution in [-0.2, 0) is 17.9 Å². The Kier molecular flexibility index (Phi) is 10.9. The second-order valence-electron chi connectivity index (χ2n) is 6.00. The summed E-state index contributed by atoms with van der Waals surface area (Å²) in [5.41, 5.74) is 2.33. The Morgan fingerprint density at radius 1 is 1.21 bits per heavy atom. The Bertz CT molecular complexity index is 471. The SMILES string of the molecule is CCCC(CCO)CNC(=NCc1cccc(COC)c1)NCC. The van der Waals surface area contributed by atoms with Crippen molar-refractivity contribution in [3.63, 3.8) is 0 Å². The summed E-state index contributed by atoms with van der Waals surface area (Å²) in [6.07, 6.45) is 3.08. The third kappa shape index (κ3) is 8.31. The van der Waals surface area contributed by atoms with E-state index in [1.165, 1.54) is 5.56 Å².